The minimum atomic E-state index is 0.276. The highest BCUT2D eigenvalue weighted by molar-refractivity contribution is 6.32. The zero-order valence-corrected chi connectivity index (χ0v) is 14.0. The van der Waals surface area contributed by atoms with Crippen molar-refractivity contribution in [2.24, 2.45) is 0 Å². The Bertz CT molecular complexity index is 398. The van der Waals surface area contributed by atoms with Gasteiger partial charge in [-0.05, 0) is 56.8 Å². The van der Waals surface area contributed by atoms with E-state index < -0.39 is 0 Å². The van der Waals surface area contributed by atoms with E-state index in [1.807, 2.05) is 12.1 Å². The summed E-state index contributed by atoms with van der Waals surface area (Å²) in [4.78, 5) is 0. The number of hydrogen-bond donors (Lipinski definition) is 2. The van der Waals surface area contributed by atoms with E-state index in [-0.39, 0.29) is 6.61 Å². The first-order chi connectivity index (χ1) is 10.2. The summed E-state index contributed by atoms with van der Waals surface area (Å²) in [6.45, 7) is 6.25. The van der Waals surface area contributed by atoms with Gasteiger partial charge in [0.05, 0.1) is 11.6 Å². The molecule has 1 rings (SSSR count). The summed E-state index contributed by atoms with van der Waals surface area (Å²) in [5, 5.41) is 12.8. The summed E-state index contributed by atoms with van der Waals surface area (Å²) in [7, 11) is 0. The highest BCUT2D eigenvalue weighted by Crippen LogP contribution is 2.28. The van der Waals surface area contributed by atoms with E-state index in [0.717, 1.165) is 44.4 Å². The first kappa shape index (κ1) is 18.3. The van der Waals surface area contributed by atoms with Gasteiger partial charge >= 0.3 is 0 Å². The van der Waals surface area contributed by atoms with Crippen LogP contribution in [0.2, 0.25) is 5.02 Å². The van der Waals surface area contributed by atoms with Crippen LogP contribution in [0.5, 0.6) is 5.75 Å². The van der Waals surface area contributed by atoms with Gasteiger partial charge in [-0.25, -0.2) is 0 Å². The summed E-state index contributed by atoms with van der Waals surface area (Å²) in [6, 6.07) is 6.31. The molecule has 0 aliphatic heterocycles. The number of nitrogens with one attached hydrogen (secondary N) is 1. The van der Waals surface area contributed by atoms with Crippen LogP contribution in [0.1, 0.15) is 57.6 Å². The second kappa shape index (κ2) is 10.9. The van der Waals surface area contributed by atoms with Crippen molar-refractivity contribution < 1.29 is 9.84 Å². The normalized spacial score (nSPS) is 12.4. The number of benzene rings is 1. The van der Waals surface area contributed by atoms with Crippen molar-refractivity contribution in [2.75, 3.05) is 19.8 Å². The van der Waals surface area contributed by atoms with E-state index in [1.54, 1.807) is 0 Å². The molecule has 0 bridgehead atoms. The minimum absolute atomic E-state index is 0.276. The van der Waals surface area contributed by atoms with Gasteiger partial charge in [0, 0.05) is 12.6 Å². The molecule has 0 radical (unpaired) electrons. The number of aliphatic hydroxyl groups is 1. The molecular weight excluding hydrogens is 286 g/mol. The number of halogens is 1. The summed E-state index contributed by atoms with van der Waals surface area (Å²) in [5.74, 6) is 0.755. The monoisotopic (exact) mass is 313 g/mol. The summed E-state index contributed by atoms with van der Waals surface area (Å²) in [5.41, 5.74) is 1.18. The molecule has 1 aromatic carbocycles. The number of ether oxygens (including phenoxy) is 1. The molecule has 0 aliphatic carbocycles. The molecular formula is C17H28ClNO2. The molecule has 0 fully saturated rings. The standard InChI is InChI=1S/C17H28ClNO2/c1-3-10-19-14(2)15-8-9-17(16(18)13-15)21-12-7-5-4-6-11-20/h8-9,13-14,19-20H,3-7,10-12H2,1-2H3. The highest BCUT2D eigenvalue weighted by Gasteiger charge is 2.08. The van der Waals surface area contributed by atoms with Crippen molar-refractivity contribution in [3.63, 3.8) is 0 Å². The van der Waals surface area contributed by atoms with E-state index >= 15 is 0 Å². The third-order valence-electron chi connectivity index (χ3n) is 3.47. The van der Waals surface area contributed by atoms with Gasteiger partial charge in [-0.15, -0.1) is 0 Å². The molecule has 1 atom stereocenters. The Morgan fingerprint density at radius 3 is 2.67 bits per heavy atom. The number of hydrogen-bond acceptors (Lipinski definition) is 3. The predicted molar refractivity (Wildman–Crippen MR) is 89.2 cm³/mol. The van der Waals surface area contributed by atoms with Crippen LogP contribution in [0.4, 0.5) is 0 Å². The largest absolute Gasteiger partial charge is 0.492 e. The van der Waals surface area contributed by atoms with Crippen molar-refractivity contribution in [1.82, 2.24) is 5.32 Å². The number of unbranched alkanes of at least 4 members (excludes halogenated alkanes) is 3. The SMILES string of the molecule is CCCNC(C)c1ccc(OCCCCCCO)c(Cl)c1. The molecule has 0 heterocycles. The molecule has 120 valence electrons. The minimum Gasteiger partial charge on any atom is -0.492 e. The fraction of sp³-hybridized carbons (Fsp3) is 0.647. The van der Waals surface area contributed by atoms with Crippen molar-refractivity contribution in [3.8, 4) is 5.75 Å². The van der Waals surface area contributed by atoms with Gasteiger partial charge in [-0.2, -0.15) is 0 Å². The molecule has 0 saturated heterocycles. The molecule has 2 N–H and O–H groups in total. The Kier molecular flexibility index (Phi) is 9.48. The van der Waals surface area contributed by atoms with E-state index in [2.05, 4.69) is 25.2 Å². The quantitative estimate of drug-likeness (QED) is 0.597. The fourth-order valence-electron chi connectivity index (χ4n) is 2.13. The molecule has 0 saturated carbocycles. The maximum absolute atomic E-state index is 8.71. The van der Waals surface area contributed by atoms with Crippen LogP contribution in [0, 0.1) is 0 Å². The first-order valence-corrected chi connectivity index (χ1v) is 8.33. The highest BCUT2D eigenvalue weighted by atomic mass is 35.5. The second-order valence-electron chi connectivity index (χ2n) is 5.35. The lowest BCUT2D eigenvalue weighted by Crippen LogP contribution is -2.19. The van der Waals surface area contributed by atoms with Crippen LogP contribution in [0.15, 0.2) is 18.2 Å². The van der Waals surface area contributed by atoms with Gasteiger partial charge < -0.3 is 15.2 Å². The molecule has 0 aliphatic rings. The van der Waals surface area contributed by atoms with Crippen LogP contribution in [-0.4, -0.2) is 24.9 Å². The molecule has 21 heavy (non-hydrogen) atoms. The average molecular weight is 314 g/mol. The number of rotatable bonds is 11. The van der Waals surface area contributed by atoms with Crippen LogP contribution >= 0.6 is 11.6 Å². The van der Waals surface area contributed by atoms with Crippen molar-refractivity contribution in [2.45, 2.75) is 52.0 Å². The lowest BCUT2D eigenvalue weighted by Gasteiger charge is -2.15. The first-order valence-electron chi connectivity index (χ1n) is 7.95. The fourth-order valence-corrected chi connectivity index (χ4v) is 2.38. The molecule has 3 nitrogen and oxygen atoms in total. The van der Waals surface area contributed by atoms with Crippen LogP contribution in [-0.2, 0) is 0 Å². The smallest absolute Gasteiger partial charge is 0.137 e. The average Bonchev–Trinajstić information content (AvgIpc) is 2.49. The van der Waals surface area contributed by atoms with Gasteiger partial charge in [0.2, 0.25) is 0 Å². The summed E-state index contributed by atoms with van der Waals surface area (Å²) in [6.07, 6.45) is 5.11. The molecule has 0 aromatic heterocycles. The third-order valence-corrected chi connectivity index (χ3v) is 3.76. The topological polar surface area (TPSA) is 41.5 Å². The van der Waals surface area contributed by atoms with Crippen LogP contribution in [0.25, 0.3) is 0 Å². The van der Waals surface area contributed by atoms with Crippen molar-refractivity contribution in [1.29, 1.82) is 0 Å². The predicted octanol–water partition coefficient (Wildman–Crippen LogP) is 4.33. The Balaban J connectivity index is 2.39. The van der Waals surface area contributed by atoms with Gasteiger partial charge in [0.25, 0.3) is 0 Å². The molecule has 4 heteroatoms. The van der Waals surface area contributed by atoms with E-state index in [0.29, 0.717) is 17.7 Å². The van der Waals surface area contributed by atoms with Gasteiger partial charge in [0.15, 0.2) is 0 Å². The van der Waals surface area contributed by atoms with E-state index in [4.69, 9.17) is 21.4 Å². The molecule has 0 amide bonds. The summed E-state index contributed by atoms with van der Waals surface area (Å²) < 4.78 is 5.72. The van der Waals surface area contributed by atoms with Gasteiger partial charge in [-0.1, -0.05) is 31.0 Å². The lowest BCUT2D eigenvalue weighted by molar-refractivity contribution is 0.273. The van der Waals surface area contributed by atoms with Crippen LogP contribution < -0.4 is 10.1 Å². The Morgan fingerprint density at radius 2 is 2.00 bits per heavy atom. The number of aliphatic hydroxyl groups excluding tert-OH is 1. The van der Waals surface area contributed by atoms with Crippen LogP contribution in [0.3, 0.4) is 0 Å². The summed E-state index contributed by atoms with van der Waals surface area (Å²) >= 11 is 6.28. The molecule has 1 aromatic rings. The van der Waals surface area contributed by atoms with E-state index in [9.17, 15) is 0 Å². The molecule has 0 spiro atoms. The second-order valence-corrected chi connectivity index (χ2v) is 5.76. The van der Waals surface area contributed by atoms with Gasteiger partial charge in [0.1, 0.15) is 5.75 Å². The van der Waals surface area contributed by atoms with E-state index in [1.165, 1.54) is 5.56 Å². The Hall–Kier alpha value is -0.770. The van der Waals surface area contributed by atoms with Crippen molar-refractivity contribution >= 4 is 11.6 Å². The maximum atomic E-state index is 8.71. The zero-order chi connectivity index (χ0) is 15.5. The lowest BCUT2D eigenvalue weighted by atomic mass is 10.1. The Labute approximate surface area is 133 Å². The van der Waals surface area contributed by atoms with Crippen molar-refractivity contribution in [3.05, 3.63) is 28.8 Å². The third kappa shape index (κ3) is 7.16. The zero-order valence-electron chi connectivity index (χ0n) is 13.2. The van der Waals surface area contributed by atoms with Gasteiger partial charge in [-0.3, -0.25) is 0 Å². The Morgan fingerprint density at radius 1 is 1.24 bits per heavy atom. The molecule has 1 unspecified atom stereocenters. The maximum Gasteiger partial charge on any atom is 0.137 e.